The molecule has 0 fully saturated rings. The van der Waals surface area contributed by atoms with Crippen LogP contribution in [0.4, 0.5) is 5.69 Å². The number of benzene rings is 2. The van der Waals surface area contributed by atoms with Crippen LogP contribution in [0.5, 0.6) is 5.75 Å². The highest BCUT2D eigenvalue weighted by atomic mass is 35.5. The number of sulfonamides is 1. The molecule has 0 aliphatic heterocycles. The van der Waals surface area contributed by atoms with Crippen molar-refractivity contribution in [3.63, 3.8) is 0 Å². The summed E-state index contributed by atoms with van der Waals surface area (Å²) in [7, 11) is -1.99. The van der Waals surface area contributed by atoms with Crippen molar-refractivity contribution in [2.45, 2.75) is 45.7 Å². The summed E-state index contributed by atoms with van der Waals surface area (Å²) in [6.45, 7) is 4.52. The molecule has 0 aromatic heterocycles. The molecular formula is C25H34ClN3O5S. The first-order valence-corrected chi connectivity index (χ1v) is 13.7. The lowest BCUT2D eigenvalue weighted by Gasteiger charge is -2.29. The Labute approximate surface area is 213 Å². The Morgan fingerprint density at radius 2 is 1.83 bits per heavy atom. The minimum atomic E-state index is -3.56. The molecule has 192 valence electrons. The second-order valence-corrected chi connectivity index (χ2v) is 10.6. The fraction of sp³-hybridized carbons (Fsp3) is 0.440. The molecule has 8 nitrogen and oxygen atoms in total. The number of amides is 2. The van der Waals surface area contributed by atoms with Crippen LogP contribution < -0.4 is 14.4 Å². The van der Waals surface area contributed by atoms with Crippen molar-refractivity contribution in [3.8, 4) is 5.75 Å². The molecular weight excluding hydrogens is 490 g/mol. The van der Waals surface area contributed by atoms with Crippen molar-refractivity contribution in [2.75, 3.05) is 30.8 Å². The topological polar surface area (TPSA) is 96.0 Å². The molecule has 2 aromatic rings. The van der Waals surface area contributed by atoms with Gasteiger partial charge in [-0.05, 0) is 61.7 Å². The molecule has 0 unspecified atom stereocenters. The highest BCUT2D eigenvalue weighted by Gasteiger charge is 2.26. The molecule has 0 saturated carbocycles. The summed E-state index contributed by atoms with van der Waals surface area (Å²) in [5, 5.41) is 3.34. The smallest absolute Gasteiger partial charge is 0.242 e. The summed E-state index contributed by atoms with van der Waals surface area (Å²) < 4.78 is 31.2. The monoisotopic (exact) mass is 523 g/mol. The lowest BCUT2D eigenvalue weighted by molar-refractivity contribution is -0.140. The van der Waals surface area contributed by atoms with E-state index in [4.69, 9.17) is 16.3 Å². The number of nitrogens with one attached hydrogen (secondary N) is 1. The Morgan fingerprint density at radius 1 is 1.14 bits per heavy atom. The molecule has 2 rings (SSSR count). The van der Waals surface area contributed by atoms with Gasteiger partial charge >= 0.3 is 0 Å². The molecule has 0 aliphatic carbocycles. The number of carbonyl (C=O) groups is 2. The van der Waals surface area contributed by atoms with Crippen LogP contribution in [-0.4, -0.2) is 57.6 Å². The number of hydrogen-bond donors (Lipinski definition) is 1. The average molecular weight is 524 g/mol. The van der Waals surface area contributed by atoms with Crippen LogP contribution in [0, 0.1) is 0 Å². The molecule has 0 bridgehead atoms. The number of carbonyl (C=O) groups excluding carboxylic acids is 2. The summed E-state index contributed by atoms with van der Waals surface area (Å²) >= 11 is 5.93. The zero-order valence-corrected chi connectivity index (χ0v) is 22.2. The summed E-state index contributed by atoms with van der Waals surface area (Å²) in [5.41, 5.74) is 1.30. The van der Waals surface area contributed by atoms with E-state index in [1.165, 1.54) is 9.21 Å². The van der Waals surface area contributed by atoms with Crippen molar-refractivity contribution in [1.29, 1.82) is 0 Å². The van der Waals surface area contributed by atoms with Crippen molar-refractivity contribution in [2.24, 2.45) is 0 Å². The maximum atomic E-state index is 13.3. The van der Waals surface area contributed by atoms with E-state index in [1.54, 1.807) is 38.3 Å². The first kappa shape index (κ1) is 28.5. The molecule has 2 aromatic carbocycles. The maximum Gasteiger partial charge on any atom is 0.242 e. The number of halogens is 1. The predicted octanol–water partition coefficient (Wildman–Crippen LogP) is 3.84. The van der Waals surface area contributed by atoms with Crippen LogP contribution in [0.1, 0.15) is 38.7 Å². The van der Waals surface area contributed by atoms with Gasteiger partial charge in [-0.3, -0.25) is 13.9 Å². The highest BCUT2D eigenvalue weighted by molar-refractivity contribution is 7.92. The van der Waals surface area contributed by atoms with Gasteiger partial charge in [0.2, 0.25) is 21.8 Å². The van der Waals surface area contributed by atoms with Crippen molar-refractivity contribution < 1.29 is 22.7 Å². The van der Waals surface area contributed by atoms with Crippen molar-refractivity contribution >= 4 is 39.1 Å². The number of rotatable bonds is 13. The van der Waals surface area contributed by atoms with E-state index in [0.717, 1.165) is 18.2 Å². The zero-order chi connectivity index (χ0) is 26.0. The molecule has 2 amide bonds. The van der Waals surface area contributed by atoms with E-state index in [0.29, 0.717) is 23.0 Å². The zero-order valence-electron chi connectivity index (χ0n) is 20.7. The Balaban J connectivity index is 2.16. The first-order valence-electron chi connectivity index (χ1n) is 11.5. The molecule has 1 atom stereocenters. The molecule has 35 heavy (non-hydrogen) atoms. The van der Waals surface area contributed by atoms with Gasteiger partial charge in [0.05, 0.1) is 19.1 Å². The largest absolute Gasteiger partial charge is 0.497 e. The number of ether oxygens (including phenoxy) is 1. The van der Waals surface area contributed by atoms with Crippen molar-refractivity contribution in [1.82, 2.24) is 10.2 Å². The molecule has 10 heteroatoms. The standard InChI is InChI=1S/C25H34ClN3O5S/c1-5-15-27-25(31)19(2)28(18-20-8-6-9-23(17-20)34-3)24(30)10-7-16-29(35(4,32)33)22-13-11-21(26)12-14-22/h6,8-9,11-14,17,19H,5,7,10,15-16,18H2,1-4H3,(H,27,31)/t19-/m1/s1. The minimum absolute atomic E-state index is 0.0783. The van der Waals surface area contributed by atoms with Gasteiger partial charge in [-0.15, -0.1) is 0 Å². The number of hydrogen-bond acceptors (Lipinski definition) is 5. The normalized spacial score (nSPS) is 12.0. The summed E-state index contributed by atoms with van der Waals surface area (Å²) in [6.07, 6.45) is 2.27. The lowest BCUT2D eigenvalue weighted by atomic mass is 10.1. The van der Waals surface area contributed by atoms with E-state index in [1.807, 2.05) is 31.2 Å². The number of nitrogens with zero attached hydrogens (tertiary/aromatic N) is 2. The van der Waals surface area contributed by atoms with Gasteiger partial charge < -0.3 is 15.0 Å². The van der Waals surface area contributed by atoms with Gasteiger partial charge in [-0.25, -0.2) is 8.42 Å². The minimum Gasteiger partial charge on any atom is -0.497 e. The third-order valence-electron chi connectivity index (χ3n) is 5.47. The van der Waals surface area contributed by atoms with Crippen LogP contribution >= 0.6 is 11.6 Å². The number of methoxy groups -OCH3 is 1. The first-order chi connectivity index (χ1) is 16.6. The molecule has 1 N–H and O–H groups in total. The molecule has 0 radical (unpaired) electrons. The van der Waals surface area contributed by atoms with Gasteiger partial charge in [0.15, 0.2) is 0 Å². The SMILES string of the molecule is CCCNC(=O)[C@@H](C)N(Cc1cccc(OC)c1)C(=O)CCCN(c1ccc(Cl)cc1)S(C)(=O)=O. The van der Waals surface area contributed by atoms with Gasteiger partial charge in [-0.2, -0.15) is 0 Å². The summed E-state index contributed by atoms with van der Waals surface area (Å²) in [4.78, 5) is 27.4. The third kappa shape index (κ3) is 8.74. The number of anilines is 1. The van der Waals surface area contributed by atoms with Crippen LogP contribution in [0.15, 0.2) is 48.5 Å². The van der Waals surface area contributed by atoms with Crippen LogP contribution in [0.25, 0.3) is 0 Å². The quantitative estimate of drug-likeness (QED) is 0.430. The maximum absolute atomic E-state index is 13.3. The fourth-order valence-corrected chi connectivity index (χ4v) is 4.65. The molecule has 0 heterocycles. The Bertz CT molecular complexity index is 1090. The highest BCUT2D eigenvalue weighted by Crippen LogP contribution is 2.22. The molecule has 0 saturated heterocycles. The lowest BCUT2D eigenvalue weighted by Crippen LogP contribution is -2.47. The Kier molecular flexibility index (Phi) is 10.9. The Morgan fingerprint density at radius 3 is 2.43 bits per heavy atom. The second kappa shape index (κ2) is 13.3. The van der Waals surface area contributed by atoms with Crippen LogP contribution in [0.2, 0.25) is 5.02 Å². The van der Waals surface area contributed by atoms with E-state index >= 15 is 0 Å². The van der Waals surface area contributed by atoms with E-state index in [2.05, 4.69) is 5.32 Å². The van der Waals surface area contributed by atoms with Gasteiger partial charge in [0.25, 0.3) is 0 Å². The molecule has 0 spiro atoms. The van der Waals surface area contributed by atoms with E-state index in [9.17, 15) is 18.0 Å². The predicted molar refractivity (Wildman–Crippen MR) is 139 cm³/mol. The third-order valence-corrected chi connectivity index (χ3v) is 6.92. The fourth-order valence-electron chi connectivity index (χ4n) is 3.56. The van der Waals surface area contributed by atoms with Gasteiger partial charge in [0, 0.05) is 31.1 Å². The van der Waals surface area contributed by atoms with Crippen molar-refractivity contribution in [3.05, 3.63) is 59.1 Å². The Hall–Kier alpha value is -2.78. The summed E-state index contributed by atoms with van der Waals surface area (Å²) in [6, 6.07) is 13.1. The molecule has 0 aliphatic rings. The average Bonchev–Trinajstić information content (AvgIpc) is 2.83. The second-order valence-electron chi connectivity index (χ2n) is 8.26. The summed E-state index contributed by atoms with van der Waals surface area (Å²) in [5.74, 6) is 0.184. The van der Waals surface area contributed by atoms with Gasteiger partial charge in [0.1, 0.15) is 11.8 Å². The van der Waals surface area contributed by atoms with Gasteiger partial charge in [-0.1, -0.05) is 30.7 Å². The van der Waals surface area contributed by atoms with E-state index in [-0.39, 0.29) is 37.7 Å². The van der Waals surface area contributed by atoms with Crippen LogP contribution in [-0.2, 0) is 26.2 Å². The van der Waals surface area contributed by atoms with E-state index < -0.39 is 16.1 Å². The van der Waals surface area contributed by atoms with Crippen LogP contribution in [0.3, 0.4) is 0 Å².